The van der Waals surface area contributed by atoms with Crippen LogP contribution >= 0.6 is 0 Å². The second-order valence-electron chi connectivity index (χ2n) is 4.46. The number of amides is 1. The van der Waals surface area contributed by atoms with Gasteiger partial charge in [-0.05, 0) is 23.6 Å². The normalized spacial score (nSPS) is 11.2. The van der Waals surface area contributed by atoms with Gasteiger partial charge in [0.05, 0.1) is 0 Å². The molecular formula is C11H16N2O2. The van der Waals surface area contributed by atoms with Gasteiger partial charge in [0, 0.05) is 11.1 Å². The molecule has 82 valence electrons. The number of benzene rings is 1. The number of carbonyl (C=O) groups is 1. The molecule has 4 heteroatoms. The highest BCUT2D eigenvalue weighted by molar-refractivity contribution is 5.94. The Kier molecular flexibility index (Phi) is 3.00. The van der Waals surface area contributed by atoms with Crippen LogP contribution in [0.4, 0.5) is 0 Å². The van der Waals surface area contributed by atoms with Gasteiger partial charge in [0.25, 0.3) is 5.91 Å². The molecule has 0 bridgehead atoms. The number of nitrogens with two attached hydrogens (primary N) is 1. The summed E-state index contributed by atoms with van der Waals surface area (Å²) >= 11 is 0. The molecule has 1 rings (SSSR count). The Morgan fingerprint density at radius 1 is 1.40 bits per heavy atom. The maximum absolute atomic E-state index is 11.3. The summed E-state index contributed by atoms with van der Waals surface area (Å²) < 4.78 is 0. The van der Waals surface area contributed by atoms with Crippen LogP contribution in [0.3, 0.4) is 0 Å². The van der Waals surface area contributed by atoms with E-state index in [1.165, 1.54) is 12.1 Å². The number of hydrogen-bond acceptors (Lipinski definition) is 3. The van der Waals surface area contributed by atoms with E-state index in [0.717, 1.165) is 5.56 Å². The molecule has 1 aromatic carbocycles. The molecule has 0 fully saturated rings. The minimum absolute atomic E-state index is 0.191. The van der Waals surface area contributed by atoms with E-state index in [0.29, 0.717) is 5.56 Å². The maximum atomic E-state index is 11.3. The van der Waals surface area contributed by atoms with E-state index < -0.39 is 0 Å². The second-order valence-corrected chi connectivity index (χ2v) is 4.46. The maximum Gasteiger partial charge on any atom is 0.265 e. The number of hydrogen-bond donors (Lipinski definition) is 3. The lowest BCUT2D eigenvalue weighted by molar-refractivity contribution is 0.0953. The van der Waals surface area contributed by atoms with Crippen molar-refractivity contribution in [2.45, 2.75) is 26.2 Å². The second kappa shape index (κ2) is 3.90. The van der Waals surface area contributed by atoms with Crippen LogP contribution < -0.4 is 11.3 Å². The molecule has 0 heterocycles. The number of carbonyl (C=O) groups excluding carboxylic acids is 1. The Hall–Kier alpha value is -1.55. The van der Waals surface area contributed by atoms with Crippen LogP contribution in [0.2, 0.25) is 0 Å². The third-order valence-electron chi connectivity index (χ3n) is 2.20. The van der Waals surface area contributed by atoms with E-state index in [1.54, 1.807) is 6.07 Å². The van der Waals surface area contributed by atoms with Crippen molar-refractivity contribution in [1.29, 1.82) is 0 Å². The zero-order chi connectivity index (χ0) is 11.6. The Morgan fingerprint density at radius 2 is 2.00 bits per heavy atom. The molecule has 0 aromatic heterocycles. The summed E-state index contributed by atoms with van der Waals surface area (Å²) in [6.45, 7) is 5.89. The third-order valence-corrected chi connectivity index (χ3v) is 2.20. The summed E-state index contributed by atoms with van der Waals surface area (Å²) in [7, 11) is 0. The van der Waals surface area contributed by atoms with E-state index in [-0.39, 0.29) is 17.1 Å². The molecule has 0 aliphatic heterocycles. The highest BCUT2D eigenvalue weighted by atomic mass is 16.3. The van der Waals surface area contributed by atoms with Gasteiger partial charge in [0.1, 0.15) is 5.75 Å². The summed E-state index contributed by atoms with van der Waals surface area (Å²) in [6.07, 6.45) is 0. The Balaban J connectivity index is 3.23. The fourth-order valence-corrected chi connectivity index (χ4v) is 1.36. The van der Waals surface area contributed by atoms with Gasteiger partial charge in [0.15, 0.2) is 0 Å². The average Bonchev–Trinajstić information content (AvgIpc) is 2.15. The van der Waals surface area contributed by atoms with Crippen LogP contribution in [0.15, 0.2) is 18.2 Å². The molecule has 0 aliphatic rings. The molecular weight excluding hydrogens is 192 g/mol. The van der Waals surface area contributed by atoms with Crippen LogP contribution in [0.1, 0.15) is 36.7 Å². The van der Waals surface area contributed by atoms with Gasteiger partial charge in [-0.3, -0.25) is 10.2 Å². The molecule has 0 aliphatic carbocycles. The predicted octanol–water partition coefficient (Wildman–Crippen LogP) is 1.29. The van der Waals surface area contributed by atoms with Gasteiger partial charge < -0.3 is 5.11 Å². The van der Waals surface area contributed by atoms with Gasteiger partial charge in [-0.2, -0.15) is 0 Å². The minimum atomic E-state index is -0.361. The Morgan fingerprint density at radius 3 is 2.47 bits per heavy atom. The van der Waals surface area contributed by atoms with Gasteiger partial charge in [0.2, 0.25) is 0 Å². The molecule has 0 radical (unpaired) electrons. The monoisotopic (exact) mass is 208 g/mol. The van der Waals surface area contributed by atoms with Crippen LogP contribution in [-0.4, -0.2) is 11.0 Å². The first kappa shape index (κ1) is 11.5. The topological polar surface area (TPSA) is 75.4 Å². The van der Waals surface area contributed by atoms with E-state index >= 15 is 0 Å². The third kappa shape index (κ3) is 2.47. The van der Waals surface area contributed by atoms with Crippen LogP contribution in [-0.2, 0) is 5.41 Å². The van der Waals surface area contributed by atoms with Gasteiger partial charge in [-0.15, -0.1) is 0 Å². The molecule has 0 unspecified atom stereocenters. The van der Waals surface area contributed by atoms with Crippen molar-refractivity contribution in [1.82, 2.24) is 5.43 Å². The summed E-state index contributed by atoms with van der Waals surface area (Å²) in [6, 6.07) is 4.69. The number of aromatic hydroxyl groups is 1. The molecule has 4 nitrogen and oxygen atoms in total. The number of nitrogen functional groups attached to an aromatic ring is 1. The number of hydrazine groups is 1. The smallest absolute Gasteiger partial charge is 0.265 e. The number of phenols is 1. The predicted molar refractivity (Wildman–Crippen MR) is 58.5 cm³/mol. The van der Waals surface area contributed by atoms with Crippen LogP contribution in [0.25, 0.3) is 0 Å². The summed E-state index contributed by atoms with van der Waals surface area (Å²) in [5.74, 6) is 4.87. The van der Waals surface area contributed by atoms with Gasteiger partial charge in [-0.1, -0.05) is 20.8 Å². The van der Waals surface area contributed by atoms with Gasteiger partial charge >= 0.3 is 0 Å². The highest BCUT2D eigenvalue weighted by Gasteiger charge is 2.19. The molecule has 0 atom stereocenters. The average molecular weight is 208 g/mol. The van der Waals surface area contributed by atoms with E-state index in [9.17, 15) is 9.90 Å². The van der Waals surface area contributed by atoms with E-state index in [2.05, 4.69) is 5.43 Å². The minimum Gasteiger partial charge on any atom is -0.508 e. The summed E-state index contributed by atoms with van der Waals surface area (Å²) in [5.41, 5.74) is 3.02. The fourth-order valence-electron chi connectivity index (χ4n) is 1.36. The van der Waals surface area contributed by atoms with Crippen LogP contribution in [0.5, 0.6) is 5.75 Å². The lowest BCUT2D eigenvalue weighted by Crippen LogP contribution is -2.30. The summed E-state index contributed by atoms with van der Waals surface area (Å²) in [4.78, 5) is 11.3. The molecule has 4 N–H and O–H groups in total. The Bertz CT molecular complexity index is 381. The van der Waals surface area contributed by atoms with E-state index in [4.69, 9.17) is 5.84 Å². The van der Waals surface area contributed by atoms with Crippen molar-refractivity contribution < 1.29 is 9.90 Å². The quantitative estimate of drug-likeness (QED) is 0.370. The highest BCUT2D eigenvalue weighted by Crippen LogP contribution is 2.31. The first-order valence-electron chi connectivity index (χ1n) is 4.70. The van der Waals surface area contributed by atoms with Crippen molar-refractivity contribution in [2.24, 2.45) is 5.84 Å². The number of phenolic OH excluding ortho intramolecular Hbond substituents is 1. The first-order chi connectivity index (χ1) is 6.86. The van der Waals surface area contributed by atoms with Crippen molar-refractivity contribution in [3.8, 4) is 5.75 Å². The number of rotatable bonds is 1. The molecule has 0 saturated carbocycles. The number of nitrogens with one attached hydrogen (secondary N) is 1. The van der Waals surface area contributed by atoms with Gasteiger partial charge in [-0.25, -0.2) is 5.84 Å². The lowest BCUT2D eigenvalue weighted by atomic mass is 9.85. The van der Waals surface area contributed by atoms with Crippen LogP contribution in [0, 0.1) is 0 Å². The SMILES string of the molecule is CC(C)(C)c1cc(C(=O)NN)ccc1O. The molecule has 15 heavy (non-hydrogen) atoms. The lowest BCUT2D eigenvalue weighted by Gasteiger charge is -2.20. The van der Waals surface area contributed by atoms with Crippen molar-refractivity contribution >= 4 is 5.91 Å². The zero-order valence-corrected chi connectivity index (χ0v) is 9.16. The van der Waals surface area contributed by atoms with Crippen molar-refractivity contribution in [3.63, 3.8) is 0 Å². The molecule has 1 amide bonds. The standard InChI is InChI=1S/C11H16N2O2/c1-11(2,3)8-6-7(10(15)13-12)4-5-9(8)14/h4-6,14H,12H2,1-3H3,(H,13,15). The molecule has 1 aromatic rings. The van der Waals surface area contributed by atoms with Crippen molar-refractivity contribution in [2.75, 3.05) is 0 Å². The zero-order valence-electron chi connectivity index (χ0n) is 9.16. The van der Waals surface area contributed by atoms with E-state index in [1.807, 2.05) is 20.8 Å². The largest absolute Gasteiger partial charge is 0.508 e. The molecule has 0 spiro atoms. The Labute approximate surface area is 89.1 Å². The molecule has 0 saturated heterocycles. The summed E-state index contributed by atoms with van der Waals surface area (Å²) in [5, 5.41) is 9.66. The first-order valence-corrected chi connectivity index (χ1v) is 4.70. The van der Waals surface area contributed by atoms with Crippen molar-refractivity contribution in [3.05, 3.63) is 29.3 Å². The fraction of sp³-hybridized carbons (Fsp3) is 0.364.